The zero-order valence-electron chi connectivity index (χ0n) is 26.3. The number of imidazole rings is 1. The fraction of sp³-hybridized carbons (Fsp3) is 0.353. The SMILES string of the molecule is CNC(=O)c1cc(-c2c(C)nn3c(NCc4cccc(-c5nccn5C)c4)cc(C(C)O)nc23)cc(C2CCOCC2)c1OC. The van der Waals surface area contributed by atoms with E-state index in [0.717, 1.165) is 52.2 Å². The van der Waals surface area contributed by atoms with Crippen LogP contribution in [0.2, 0.25) is 0 Å². The second kappa shape index (κ2) is 12.7. The minimum atomic E-state index is -0.805. The van der Waals surface area contributed by atoms with Gasteiger partial charge in [0.15, 0.2) is 5.65 Å². The molecule has 1 unspecified atom stereocenters. The Balaban J connectivity index is 1.45. The Bertz CT molecular complexity index is 1850. The number of hydrogen-bond acceptors (Lipinski definition) is 8. The molecule has 1 fully saturated rings. The molecule has 6 rings (SSSR count). The van der Waals surface area contributed by atoms with E-state index in [2.05, 4.69) is 33.8 Å². The van der Waals surface area contributed by atoms with Crippen LogP contribution in [0.5, 0.6) is 5.75 Å². The molecule has 1 aliphatic rings. The number of rotatable bonds is 9. The van der Waals surface area contributed by atoms with Gasteiger partial charge in [0.2, 0.25) is 0 Å². The van der Waals surface area contributed by atoms with Crippen molar-refractivity contribution in [3.8, 4) is 28.3 Å². The van der Waals surface area contributed by atoms with Crippen LogP contribution < -0.4 is 15.4 Å². The fourth-order valence-electron chi connectivity index (χ4n) is 6.12. The lowest BCUT2D eigenvalue weighted by molar-refractivity contribution is 0.0847. The van der Waals surface area contributed by atoms with Crippen molar-refractivity contribution >= 4 is 17.4 Å². The molecule has 234 valence electrons. The third-order valence-electron chi connectivity index (χ3n) is 8.44. The highest BCUT2D eigenvalue weighted by Gasteiger charge is 2.27. The maximum absolute atomic E-state index is 13.1. The maximum Gasteiger partial charge on any atom is 0.254 e. The van der Waals surface area contributed by atoms with Gasteiger partial charge in [0, 0.05) is 63.4 Å². The lowest BCUT2D eigenvalue weighted by Crippen LogP contribution is -2.21. The first-order valence-electron chi connectivity index (χ1n) is 15.2. The summed E-state index contributed by atoms with van der Waals surface area (Å²) >= 11 is 0. The van der Waals surface area contributed by atoms with Crippen molar-refractivity contribution in [3.05, 3.63) is 82.9 Å². The summed E-state index contributed by atoms with van der Waals surface area (Å²) in [4.78, 5) is 22.5. The Kier molecular flexibility index (Phi) is 8.55. The second-order valence-electron chi connectivity index (χ2n) is 11.5. The highest BCUT2D eigenvalue weighted by atomic mass is 16.5. The van der Waals surface area contributed by atoms with Gasteiger partial charge in [0.25, 0.3) is 5.91 Å². The number of aryl methyl sites for hydroxylation is 2. The highest BCUT2D eigenvalue weighted by Crippen LogP contribution is 2.41. The predicted molar refractivity (Wildman–Crippen MR) is 173 cm³/mol. The Morgan fingerprint density at radius 1 is 1.18 bits per heavy atom. The van der Waals surface area contributed by atoms with Gasteiger partial charge in [-0.15, -0.1) is 0 Å². The first kappa shape index (κ1) is 30.3. The van der Waals surface area contributed by atoms with Gasteiger partial charge in [-0.3, -0.25) is 4.79 Å². The number of anilines is 1. The molecule has 3 N–H and O–H groups in total. The molecule has 1 saturated heterocycles. The van der Waals surface area contributed by atoms with Gasteiger partial charge in [-0.05, 0) is 67.5 Å². The normalized spacial score (nSPS) is 14.4. The van der Waals surface area contributed by atoms with Crippen LogP contribution in [0.3, 0.4) is 0 Å². The molecule has 0 saturated carbocycles. The van der Waals surface area contributed by atoms with Crippen LogP contribution >= 0.6 is 0 Å². The van der Waals surface area contributed by atoms with Crippen LogP contribution in [-0.4, -0.2) is 62.5 Å². The number of aliphatic hydroxyl groups is 1. The van der Waals surface area contributed by atoms with E-state index in [9.17, 15) is 9.90 Å². The molecule has 0 radical (unpaired) electrons. The number of fused-ring (bicyclic) bond motifs is 1. The van der Waals surface area contributed by atoms with Crippen molar-refractivity contribution in [1.82, 2.24) is 29.5 Å². The number of benzene rings is 2. The first-order valence-corrected chi connectivity index (χ1v) is 15.2. The number of methoxy groups -OCH3 is 1. The molecule has 3 aromatic heterocycles. The third kappa shape index (κ3) is 5.88. The van der Waals surface area contributed by atoms with Crippen LogP contribution in [-0.2, 0) is 18.3 Å². The Hall–Kier alpha value is -4.74. The van der Waals surface area contributed by atoms with Gasteiger partial charge in [-0.1, -0.05) is 18.2 Å². The molecule has 5 aromatic rings. The van der Waals surface area contributed by atoms with E-state index in [1.807, 2.05) is 49.0 Å². The van der Waals surface area contributed by atoms with Gasteiger partial charge in [-0.25, -0.2) is 9.97 Å². The summed E-state index contributed by atoms with van der Waals surface area (Å²) in [6, 6.07) is 14.0. The molecule has 1 amide bonds. The van der Waals surface area contributed by atoms with Gasteiger partial charge < -0.3 is 29.8 Å². The van der Waals surface area contributed by atoms with Gasteiger partial charge >= 0.3 is 0 Å². The monoisotopic (exact) mass is 609 g/mol. The van der Waals surface area contributed by atoms with E-state index in [1.165, 1.54) is 0 Å². The molecule has 0 spiro atoms. The van der Waals surface area contributed by atoms with Crippen molar-refractivity contribution in [2.45, 2.75) is 45.3 Å². The number of nitrogens with one attached hydrogen (secondary N) is 2. The average molecular weight is 610 g/mol. The molecule has 45 heavy (non-hydrogen) atoms. The average Bonchev–Trinajstić information content (AvgIpc) is 3.64. The van der Waals surface area contributed by atoms with E-state index in [0.29, 0.717) is 48.2 Å². The fourth-order valence-corrected chi connectivity index (χ4v) is 6.12. The van der Waals surface area contributed by atoms with Crippen LogP contribution in [0.15, 0.2) is 54.9 Å². The third-order valence-corrected chi connectivity index (χ3v) is 8.44. The Labute approximate surface area is 262 Å². The van der Waals surface area contributed by atoms with Gasteiger partial charge in [-0.2, -0.15) is 9.61 Å². The van der Waals surface area contributed by atoms with Crippen LogP contribution in [0.25, 0.3) is 28.2 Å². The predicted octanol–water partition coefficient (Wildman–Crippen LogP) is 5.03. The highest BCUT2D eigenvalue weighted by molar-refractivity contribution is 5.99. The number of carbonyl (C=O) groups is 1. The molecule has 1 aliphatic heterocycles. The van der Waals surface area contributed by atoms with Crippen LogP contribution in [0.4, 0.5) is 5.82 Å². The second-order valence-corrected chi connectivity index (χ2v) is 11.5. The van der Waals surface area contributed by atoms with Crippen LogP contribution in [0, 0.1) is 6.92 Å². The molecule has 0 aliphatic carbocycles. The summed E-state index contributed by atoms with van der Waals surface area (Å²) < 4.78 is 15.2. The zero-order chi connectivity index (χ0) is 31.7. The van der Waals surface area contributed by atoms with E-state index in [4.69, 9.17) is 19.6 Å². The Morgan fingerprint density at radius 2 is 1.98 bits per heavy atom. The summed E-state index contributed by atoms with van der Waals surface area (Å²) in [7, 11) is 5.19. The molecule has 11 nitrogen and oxygen atoms in total. The molecular weight excluding hydrogens is 570 g/mol. The van der Waals surface area contributed by atoms with Crippen LogP contribution in [0.1, 0.15) is 64.7 Å². The standard InChI is InChI=1S/C34H39N7O4/c1-20-30(25-16-26(23-9-13-45-14-10-23)31(44-5)27(17-25)34(43)35-3)33-38-28(21(2)42)18-29(41(33)39-20)37-19-22-7-6-8-24(15-22)32-36-11-12-40(32)4/h6-8,11-12,15-18,21,23,37,42H,9-10,13-14,19H2,1-5H3,(H,35,43). The van der Waals surface area contributed by atoms with Crippen molar-refractivity contribution < 1.29 is 19.4 Å². The zero-order valence-corrected chi connectivity index (χ0v) is 26.3. The van der Waals surface area contributed by atoms with Gasteiger partial charge in [0.1, 0.15) is 17.4 Å². The van der Waals surface area contributed by atoms with Crippen molar-refractivity contribution in [1.29, 1.82) is 0 Å². The van der Waals surface area contributed by atoms with E-state index < -0.39 is 6.10 Å². The molecular formula is C34H39N7O4. The quantitative estimate of drug-likeness (QED) is 0.212. The van der Waals surface area contributed by atoms with Gasteiger partial charge in [0.05, 0.1) is 30.2 Å². The lowest BCUT2D eigenvalue weighted by atomic mass is 9.86. The van der Waals surface area contributed by atoms with E-state index in [1.54, 1.807) is 31.8 Å². The topological polar surface area (TPSA) is 128 Å². The molecule has 1 atom stereocenters. The first-order chi connectivity index (χ1) is 21.8. The summed E-state index contributed by atoms with van der Waals surface area (Å²) in [5.74, 6) is 2.11. The number of nitrogens with zero attached hydrogens (tertiary/aromatic N) is 5. The summed E-state index contributed by atoms with van der Waals surface area (Å²) in [5.41, 5.74) is 6.95. The molecule has 2 aromatic carbocycles. The molecule has 0 bridgehead atoms. The number of aliphatic hydroxyl groups excluding tert-OH is 1. The molecule has 11 heteroatoms. The minimum absolute atomic E-state index is 0.180. The number of hydrogen-bond donors (Lipinski definition) is 3. The summed E-state index contributed by atoms with van der Waals surface area (Å²) in [6.45, 7) is 5.46. The minimum Gasteiger partial charge on any atom is -0.496 e. The number of amides is 1. The van der Waals surface area contributed by atoms with Crippen molar-refractivity contribution in [2.75, 3.05) is 32.7 Å². The maximum atomic E-state index is 13.1. The van der Waals surface area contributed by atoms with Crippen molar-refractivity contribution in [2.24, 2.45) is 7.05 Å². The largest absolute Gasteiger partial charge is 0.496 e. The van der Waals surface area contributed by atoms with Crippen molar-refractivity contribution in [3.63, 3.8) is 0 Å². The molecule has 4 heterocycles. The van der Waals surface area contributed by atoms with E-state index >= 15 is 0 Å². The summed E-state index contributed by atoms with van der Waals surface area (Å²) in [5, 5.41) is 21.8. The number of ether oxygens (including phenoxy) is 2. The number of carbonyl (C=O) groups excluding carboxylic acids is 1. The number of aromatic nitrogens is 5. The van der Waals surface area contributed by atoms with E-state index in [-0.39, 0.29) is 11.8 Å². The summed E-state index contributed by atoms with van der Waals surface area (Å²) in [6.07, 6.45) is 4.58. The smallest absolute Gasteiger partial charge is 0.254 e. The Morgan fingerprint density at radius 3 is 2.67 bits per heavy atom. The lowest BCUT2D eigenvalue weighted by Gasteiger charge is -2.26.